The van der Waals surface area contributed by atoms with E-state index in [1.807, 2.05) is 35.2 Å². The molecule has 1 heterocycles. The van der Waals surface area contributed by atoms with Gasteiger partial charge in [0.15, 0.2) is 0 Å². The minimum absolute atomic E-state index is 0.0198. The van der Waals surface area contributed by atoms with E-state index >= 15 is 0 Å². The number of nitrogens with one attached hydrogen (secondary N) is 1. The Hall–Kier alpha value is -2.62. The lowest BCUT2D eigenvalue weighted by molar-refractivity contribution is 0.0793. The van der Waals surface area contributed by atoms with Gasteiger partial charge in [-0.2, -0.15) is 0 Å². The van der Waals surface area contributed by atoms with Gasteiger partial charge in [0, 0.05) is 30.8 Å². The summed E-state index contributed by atoms with van der Waals surface area (Å²) in [6, 6.07) is 17.0. The molecule has 24 heavy (non-hydrogen) atoms. The summed E-state index contributed by atoms with van der Waals surface area (Å²) < 4.78 is 0. The minimum Gasteiger partial charge on any atom is -0.352 e. The molecule has 1 saturated heterocycles. The van der Waals surface area contributed by atoms with Gasteiger partial charge in [-0.1, -0.05) is 36.4 Å². The van der Waals surface area contributed by atoms with Gasteiger partial charge >= 0.3 is 0 Å². The number of hydrogen-bond acceptors (Lipinski definition) is 2. The van der Waals surface area contributed by atoms with Crippen LogP contribution < -0.4 is 5.32 Å². The maximum Gasteiger partial charge on any atom is 0.253 e. The molecular weight excluding hydrogens is 300 g/mol. The van der Waals surface area contributed by atoms with Gasteiger partial charge in [0.05, 0.1) is 0 Å². The van der Waals surface area contributed by atoms with E-state index in [1.54, 1.807) is 24.3 Å². The Labute approximate surface area is 142 Å². The van der Waals surface area contributed by atoms with E-state index in [4.69, 9.17) is 0 Å². The lowest BCUT2D eigenvalue weighted by Gasteiger charge is -2.15. The van der Waals surface area contributed by atoms with Crippen LogP contribution in [0.2, 0.25) is 0 Å². The molecule has 4 nitrogen and oxygen atoms in total. The molecule has 1 N–H and O–H groups in total. The van der Waals surface area contributed by atoms with Crippen LogP contribution in [0.15, 0.2) is 54.6 Å². The van der Waals surface area contributed by atoms with Crippen molar-refractivity contribution in [3.8, 4) is 0 Å². The molecule has 1 fully saturated rings. The molecule has 1 aliphatic heterocycles. The van der Waals surface area contributed by atoms with Crippen molar-refractivity contribution >= 4 is 11.8 Å². The van der Waals surface area contributed by atoms with Crippen LogP contribution in [0.3, 0.4) is 0 Å². The monoisotopic (exact) mass is 322 g/mol. The third-order valence-electron chi connectivity index (χ3n) is 4.31. The van der Waals surface area contributed by atoms with Crippen molar-refractivity contribution in [2.24, 2.45) is 0 Å². The van der Waals surface area contributed by atoms with Gasteiger partial charge < -0.3 is 10.2 Å². The summed E-state index contributed by atoms with van der Waals surface area (Å²) in [5.41, 5.74) is 2.32. The zero-order valence-electron chi connectivity index (χ0n) is 13.7. The quantitative estimate of drug-likeness (QED) is 0.920. The van der Waals surface area contributed by atoms with E-state index in [0.717, 1.165) is 32.4 Å². The summed E-state index contributed by atoms with van der Waals surface area (Å²) in [5.74, 6) is -0.117. The first-order valence-electron chi connectivity index (χ1n) is 8.45. The maximum atomic E-state index is 12.4. The van der Waals surface area contributed by atoms with Crippen LogP contribution in [-0.4, -0.2) is 36.3 Å². The molecule has 124 valence electrons. The summed E-state index contributed by atoms with van der Waals surface area (Å²) >= 11 is 0. The zero-order chi connectivity index (χ0) is 16.8. The molecule has 1 aliphatic rings. The largest absolute Gasteiger partial charge is 0.352 e. The van der Waals surface area contributed by atoms with Crippen LogP contribution in [0, 0.1) is 0 Å². The molecule has 0 atom stereocenters. The lowest BCUT2D eigenvalue weighted by atomic mass is 10.1. The predicted molar refractivity (Wildman–Crippen MR) is 94.1 cm³/mol. The van der Waals surface area contributed by atoms with E-state index in [1.165, 1.54) is 5.56 Å². The molecule has 2 aromatic rings. The number of rotatable bonds is 5. The number of amides is 2. The zero-order valence-corrected chi connectivity index (χ0v) is 13.7. The Morgan fingerprint density at radius 1 is 0.917 bits per heavy atom. The summed E-state index contributed by atoms with van der Waals surface area (Å²) in [7, 11) is 0. The molecule has 0 aliphatic carbocycles. The van der Waals surface area contributed by atoms with Gasteiger partial charge in [0.2, 0.25) is 0 Å². The van der Waals surface area contributed by atoms with Crippen molar-refractivity contribution in [1.82, 2.24) is 10.2 Å². The first-order chi connectivity index (χ1) is 11.7. The fourth-order valence-corrected chi connectivity index (χ4v) is 2.96. The first-order valence-corrected chi connectivity index (χ1v) is 8.45. The van der Waals surface area contributed by atoms with E-state index < -0.39 is 0 Å². The topological polar surface area (TPSA) is 49.4 Å². The highest BCUT2D eigenvalue weighted by Crippen LogP contribution is 2.14. The Kier molecular flexibility index (Phi) is 5.26. The normalized spacial score (nSPS) is 13.8. The average Bonchev–Trinajstić information content (AvgIpc) is 3.16. The average molecular weight is 322 g/mol. The Morgan fingerprint density at radius 2 is 1.62 bits per heavy atom. The van der Waals surface area contributed by atoms with Crippen molar-refractivity contribution in [2.45, 2.75) is 19.3 Å². The SMILES string of the molecule is O=C(NCCc1ccccc1)c1cccc(C(=O)N2CCCC2)c1. The minimum atomic E-state index is -0.137. The van der Waals surface area contributed by atoms with E-state index in [-0.39, 0.29) is 11.8 Å². The van der Waals surface area contributed by atoms with E-state index in [2.05, 4.69) is 5.32 Å². The van der Waals surface area contributed by atoms with Gasteiger partial charge in [-0.05, 0) is 43.0 Å². The molecule has 0 aromatic heterocycles. The molecule has 0 bridgehead atoms. The second-order valence-electron chi connectivity index (χ2n) is 6.07. The van der Waals surface area contributed by atoms with Crippen molar-refractivity contribution < 1.29 is 9.59 Å². The van der Waals surface area contributed by atoms with Crippen molar-refractivity contribution in [2.75, 3.05) is 19.6 Å². The van der Waals surface area contributed by atoms with Gasteiger partial charge in [-0.3, -0.25) is 9.59 Å². The molecule has 4 heteroatoms. The van der Waals surface area contributed by atoms with Gasteiger partial charge in [0.1, 0.15) is 0 Å². The number of nitrogens with zero attached hydrogens (tertiary/aromatic N) is 1. The Balaban J connectivity index is 1.58. The van der Waals surface area contributed by atoms with Crippen LogP contribution in [0.25, 0.3) is 0 Å². The molecule has 0 spiro atoms. The summed E-state index contributed by atoms with van der Waals surface area (Å²) in [6.45, 7) is 2.20. The number of hydrogen-bond donors (Lipinski definition) is 1. The van der Waals surface area contributed by atoms with Crippen molar-refractivity contribution in [3.63, 3.8) is 0 Å². The van der Waals surface area contributed by atoms with Crippen LogP contribution in [0.1, 0.15) is 39.1 Å². The summed E-state index contributed by atoms with van der Waals surface area (Å²) in [4.78, 5) is 26.6. The van der Waals surface area contributed by atoms with Gasteiger partial charge in [-0.25, -0.2) is 0 Å². The second kappa shape index (κ2) is 7.77. The highest BCUT2D eigenvalue weighted by molar-refractivity contribution is 5.99. The molecule has 2 amide bonds. The highest BCUT2D eigenvalue weighted by Gasteiger charge is 2.20. The molecule has 0 unspecified atom stereocenters. The van der Waals surface area contributed by atoms with Crippen LogP contribution in [0.5, 0.6) is 0 Å². The third-order valence-corrected chi connectivity index (χ3v) is 4.31. The number of likely N-dealkylation sites (tertiary alicyclic amines) is 1. The fourth-order valence-electron chi connectivity index (χ4n) is 2.96. The Bertz CT molecular complexity index is 707. The van der Waals surface area contributed by atoms with Crippen molar-refractivity contribution in [3.05, 3.63) is 71.3 Å². The summed E-state index contributed by atoms with van der Waals surface area (Å²) in [5, 5.41) is 2.92. The van der Waals surface area contributed by atoms with E-state index in [0.29, 0.717) is 17.7 Å². The molecule has 2 aromatic carbocycles. The standard InChI is InChI=1S/C20H22N2O2/c23-19(21-12-11-16-7-2-1-3-8-16)17-9-6-10-18(15-17)20(24)22-13-4-5-14-22/h1-3,6-10,15H,4-5,11-14H2,(H,21,23). The molecule has 3 rings (SSSR count). The highest BCUT2D eigenvalue weighted by atomic mass is 16.2. The molecule has 0 radical (unpaired) electrons. The van der Waals surface area contributed by atoms with E-state index in [9.17, 15) is 9.59 Å². The third kappa shape index (κ3) is 4.02. The lowest BCUT2D eigenvalue weighted by Crippen LogP contribution is -2.29. The number of carbonyl (C=O) groups excluding carboxylic acids is 2. The smallest absolute Gasteiger partial charge is 0.253 e. The van der Waals surface area contributed by atoms with Gasteiger partial charge in [-0.15, -0.1) is 0 Å². The van der Waals surface area contributed by atoms with Crippen LogP contribution in [0.4, 0.5) is 0 Å². The second-order valence-corrected chi connectivity index (χ2v) is 6.07. The Morgan fingerprint density at radius 3 is 2.38 bits per heavy atom. The molecular formula is C20H22N2O2. The number of benzene rings is 2. The maximum absolute atomic E-state index is 12.4. The van der Waals surface area contributed by atoms with Crippen LogP contribution in [-0.2, 0) is 6.42 Å². The fraction of sp³-hybridized carbons (Fsp3) is 0.300. The summed E-state index contributed by atoms with van der Waals surface area (Å²) in [6.07, 6.45) is 2.91. The molecule has 0 saturated carbocycles. The van der Waals surface area contributed by atoms with Crippen LogP contribution >= 0.6 is 0 Å². The number of carbonyl (C=O) groups is 2. The predicted octanol–water partition coefficient (Wildman–Crippen LogP) is 2.90. The first kappa shape index (κ1) is 16.2. The van der Waals surface area contributed by atoms with Crippen molar-refractivity contribution in [1.29, 1.82) is 0 Å². The van der Waals surface area contributed by atoms with Gasteiger partial charge in [0.25, 0.3) is 11.8 Å².